The second-order valence-corrected chi connectivity index (χ2v) is 5.56. The third-order valence-corrected chi connectivity index (χ3v) is 4.52. The molecule has 0 aliphatic carbocycles. The van der Waals surface area contributed by atoms with Crippen molar-refractivity contribution in [3.63, 3.8) is 0 Å². The molecule has 2 rings (SSSR count). The summed E-state index contributed by atoms with van der Waals surface area (Å²) in [5, 5.41) is 3.42. The third kappa shape index (κ3) is 7.69. The van der Waals surface area contributed by atoms with E-state index < -0.39 is 0 Å². The van der Waals surface area contributed by atoms with E-state index in [1.807, 2.05) is 0 Å². The molecule has 4 nitrogen and oxygen atoms in total. The Labute approximate surface area is 149 Å². The lowest BCUT2D eigenvalue weighted by molar-refractivity contribution is 0.185. The van der Waals surface area contributed by atoms with Crippen LogP contribution in [0.1, 0.15) is 20.3 Å². The van der Waals surface area contributed by atoms with Gasteiger partial charge in [-0.2, -0.15) is 0 Å². The molecule has 2 aliphatic rings. The lowest BCUT2D eigenvalue weighted by atomic mass is 10.2. The first kappa shape index (κ1) is 24.0. The molecule has 1 unspecified atom stereocenters. The molecule has 130 valence electrons. The van der Waals surface area contributed by atoms with Gasteiger partial charge in [0.15, 0.2) is 0 Å². The van der Waals surface area contributed by atoms with Crippen LogP contribution in [0.4, 0.5) is 0 Å². The molecule has 0 aromatic carbocycles. The third-order valence-electron chi connectivity index (χ3n) is 4.52. The summed E-state index contributed by atoms with van der Waals surface area (Å²) in [7, 11) is 0. The Bertz CT molecular complexity index is 236. The molecule has 0 saturated carbocycles. The highest BCUT2D eigenvalue weighted by Crippen LogP contribution is 2.15. The first-order valence-corrected chi connectivity index (χ1v) is 7.73. The number of halogens is 3. The van der Waals surface area contributed by atoms with Crippen molar-refractivity contribution < 1.29 is 0 Å². The van der Waals surface area contributed by atoms with Gasteiger partial charge in [-0.05, 0) is 26.1 Å². The molecule has 0 aromatic heterocycles. The van der Waals surface area contributed by atoms with E-state index >= 15 is 0 Å². The van der Waals surface area contributed by atoms with Crippen LogP contribution in [-0.2, 0) is 0 Å². The van der Waals surface area contributed by atoms with Crippen LogP contribution in [0, 0.1) is 0 Å². The molecule has 7 heteroatoms. The summed E-state index contributed by atoms with van der Waals surface area (Å²) in [5.74, 6) is 0. The van der Waals surface area contributed by atoms with Gasteiger partial charge in [-0.1, -0.05) is 13.8 Å². The van der Waals surface area contributed by atoms with Crippen LogP contribution in [0.25, 0.3) is 0 Å². The van der Waals surface area contributed by atoms with E-state index in [0.717, 1.165) is 6.04 Å². The van der Waals surface area contributed by atoms with Crippen molar-refractivity contribution in [3.05, 3.63) is 0 Å². The Morgan fingerprint density at radius 2 is 1.48 bits per heavy atom. The van der Waals surface area contributed by atoms with Gasteiger partial charge in [-0.3, -0.25) is 9.80 Å². The van der Waals surface area contributed by atoms with Gasteiger partial charge in [0, 0.05) is 51.9 Å². The molecule has 2 heterocycles. The smallest absolute Gasteiger partial charge is 0.0235 e. The second-order valence-electron chi connectivity index (χ2n) is 5.56. The van der Waals surface area contributed by atoms with Crippen molar-refractivity contribution in [1.29, 1.82) is 0 Å². The minimum atomic E-state index is 0. The summed E-state index contributed by atoms with van der Waals surface area (Å²) in [6.45, 7) is 16.9. The largest absolute Gasteiger partial charge is 0.314 e. The average molecular weight is 364 g/mol. The molecule has 0 bridgehead atoms. The summed E-state index contributed by atoms with van der Waals surface area (Å²) in [6, 6.07) is 0.808. The number of hydrogen-bond donors (Lipinski definition) is 1. The number of nitrogens with one attached hydrogen (secondary N) is 1. The van der Waals surface area contributed by atoms with Gasteiger partial charge in [0.25, 0.3) is 0 Å². The monoisotopic (exact) mass is 362 g/mol. The van der Waals surface area contributed by atoms with Crippen LogP contribution >= 0.6 is 37.2 Å². The number of nitrogens with zero attached hydrogens (tertiary/aromatic N) is 3. The molecule has 0 amide bonds. The fourth-order valence-corrected chi connectivity index (χ4v) is 3.27. The Morgan fingerprint density at radius 1 is 0.905 bits per heavy atom. The average Bonchev–Trinajstić information content (AvgIpc) is 2.88. The normalized spacial score (nSPS) is 23.3. The topological polar surface area (TPSA) is 21.8 Å². The fourth-order valence-electron chi connectivity index (χ4n) is 3.27. The fraction of sp³-hybridized carbons (Fsp3) is 1.00. The molecule has 2 fully saturated rings. The second kappa shape index (κ2) is 13.2. The zero-order valence-electron chi connectivity index (χ0n) is 13.4. The Balaban J connectivity index is 0. The Kier molecular flexibility index (Phi) is 15.0. The lowest BCUT2D eigenvalue weighted by Crippen LogP contribution is -2.46. The number of hydrogen-bond acceptors (Lipinski definition) is 4. The minimum Gasteiger partial charge on any atom is -0.314 e. The first-order chi connectivity index (χ1) is 8.83. The van der Waals surface area contributed by atoms with Gasteiger partial charge in [-0.15, -0.1) is 37.2 Å². The maximum Gasteiger partial charge on any atom is 0.0235 e. The Morgan fingerprint density at radius 3 is 2.05 bits per heavy atom. The molecule has 2 saturated heterocycles. The van der Waals surface area contributed by atoms with Gasteiger partial charge in [0.2, 0.25) is 0 Å². The lowest BCUT2D eigenvalue weighted by Gasteiger charge is -2.29. The molecule has 1 atom stereocenters. The van der Waals surface area contributed by atoms with Gasteiger partial charge in [0.05, 0.1) is 0 Å². The zero-order chi connectivity index (χ0) is 12.8. The molecule has 0 aromatic rings. The van der Waals surface area contributed by atoms with Gasteiger partial charge < -0.3 is 10.2 Å². The summed E-state index contributed by atoms with van der Waals surface area (Å²) in [4.78, 5) is 7.87. The van der Waals surface area contributed by atoms with Crippen LogP contribution in [0.2, 0.25) is 0 Å². The highest BCUT2D eigenvalue weighted by Gasteiger charge is 2.26. The van der Waals surface area contributed by atoms with Crippen molar-refractivity contribution in [2.45, 2.75) is 26.3 Å². The van der Waals surface area contributed by atoms with E-state index in [4.69, 9.17) is 0 Å². The number of piperazine rings is 1. The quantitative estimate of drug-likeness (QED) is 0.773. The van der Waals surface area contributed by atoms with E-state index in [1.165, 1.54) is 71.9 Å². The van der Waals surface area contributed by atoms with Crippen molar-refractivity contribution in [1.82, 2.24) is 20.0 Å². The van der Waals surface area contributed by atoms with Gasteiger partial charge in [0.1, 0.15) is 0 Å². The van der Waals surface area contributed by atoms with Crippen molar-refractivity contribution in [2.24, 2.45) is 0 Å². The summed E-state index contributed by atoms with van der Waals surface area (Å²) in [6.07, 6.45) is 1.36. The first-order valence-electron chi connectivity index (χ1n) is 7.73. The predicted octanol–water partition coefficient (Wildman–Crippen LogP) is 1.57. The number of likely N-dealkylation sites (tertiary alicyclic amines) is 1. The standard InChI is InChI=1S/C14H30N4.3ClH/c1-3-18(4-2)14-5-8-17(13-14)12-11-16-9-6-15-7-10-16;;;/h14-15H,3-13H2,1-2H3;3*1H. The molecular weight excluding hydrogens is 331 g/mol. The summed E-state index contributed by atoms with van der Waals surface area (Å²) in [5.41, 5.74) is 0. The maximum absolute atomic E-state index is 3.42. The van der Waals surface area contributed by atoms with E-state index in [9.17, 15) is 0 Å². The highest BCUT2D eigenvalue weighted by atomic mass is 35.5. The molecule has 2 aliphatic heterocycles. The van der Waals surface area contributed by atoms with Crippen molar-refractivity contribution >= 4 is 37.2 Å². The van der Waals surface area contributed by atoms with Gasteiger partial charge in [-0.25, -0.2) is 0 Å². The van der Waals surface area contributed by atoms with Crippen LogP contribution in [0.5, 0.6) is 0 Å². The van der Waals surface area contributed by atoms with E-state index in [-0.39, 0.29) is 37.2 Å². The minimum absolute atomic E-state index is 0. The molecule has 1 N–H and O–H groups in total. The van der Waals surface area contributed by atoms with E-state index in [0.29, 0.717) is 0 Å². The van der Waals surface area contributed by atoms with Crippen LogP contribution in [-0.4, -0.2) is 86.2 Å². The van der Waals surface area contributed by atoms with Crippen molar-refractivity contribution in [3.8, 4) is 0 Å². The summed E-state index contributed by atoms with van der Waals surface area (Å²) < 4.78 is 0. The van der Waals surface area contributed by atoms with Crippen LogP contribution in [0.3, 0.4) is 0 Å². The van der Waals surface area contributed by atoms with E-state index in [1.54, 1.807) is 0 Å². The summed E-state index contributed by atoms with van der Waals surface area (Å²) >= 11 is 0. The van der Waals surface area contributed by atoms with E-state index in [2.05, 4.69) is 33.9 Å². The van der Waals surface area contributed by atoms with Crippen LogP contribution in [0.15, 0.2) is 0 Å². The molecule has 0 radical (unpaired) electrons. The molecule has 0 spiro atoms. The zero-order valence-corrected chi connectivity index (χ0v) is 15.9. The SMILES string of the molecule is CCN(CC)C1CCN(CCN2CCNCC2)C1.Cl.Cl.Cl. The predicted molar refractivity (Wildman–Crippen MR) is 98.8 cm³/mol. The van der Waals surface area contributed by atoms with Gasteiger partial charge >= 0.3 is 0 Å². The Hall–Kier alpha value is 0.710. The highest BCUT2D eigenvalue weighted by molar-refractivity contribution is 5.86. The molecular formula is C14H33Cl3N4. The molecule has 21 heavy (non-hydrogen) atoms. The van der Waals surface area contributed by atoms with Crippen LogP contribution < -0.4 is 5.32 Å². The number of likely N-dealkylation sites (N-methyl/N-ethyl adjacent to an activating group) is 1. The maximum atomic E-state index is 3.42. The number of rotatable bonds is 6. The van der Waals surface area contributed by atoms with Crippen molar-refractivity contribution in [2.75, 3.05) is 65.4 Å².